The third-order valence-corrected chi connectivity index (χ3v) is 32.7. The van der Waals surface area contributed by atoms with E-state index in [2.05, 4.69) is 93.8 Å². The summed E-state index contributed by atoms with van der Waals surface area (Å²) in [6.07, 6.45) is 3.85. The van der Waals surface area contributed by atoms with Crippen LogP contribution in [0.3, 0.4) is 0 Å². The molecule has 8 aromatic carbocycles. The van der Waals surface area contributed by atoms with E-state index in [0.717, 1.165) is 67.9 Å². The minimum atomic E-state index is -1.51. The number of fused-ring (bicyclic) bond motifs is 2. The molecule has 22 nitrogen and oxygen atoms in total. The van der Waals surface area contributed by atoms with Crippen LogP contribution < -0.4 is 18.9 Å². The number of nitrogens with zero attached hydrogens (tertiary/aromatic N) is 6. The fourth-order valence-corrected chi connectivity index (χ4v) is 25.2. The maximum atomic E-state index is 14.5. The fraction of sp³-hybridized carbons (Fsp3) is 0.440. The number of imide groups is 2. The Labute approximate surface area is 784 Å². The van der Waals surface area contributed by atoms with Crippen LogP contribution in [0, 0.1) is 41.6 Å². The highest BCUT2D eigenvalue weighted by Gasteiger charge is 2.47. The molecule has 0 aromatic heterocycles. The average Bonchev–Trinajstić information content (AvgIpc) is 1.73. The predicted molar refractivity (Wildman–Crippen MR) is 519 cm³/mol. The first-order chi connectivity index (χ1) is 62.4. The summed E-state index contributed by atoms with van der Waals surface area (Å²) in [5, 5.41) is 19.1. The molecule has 4 amide bonds. The predicted octanol–water partition coefficient (Wildman–Crippen LogP) is 21.7. The lowest BCUT2D eigenvalue weighted by molar-refractivity contribution is -0.126. The van der Waals surface area contributed by atoms with Crippen molar-refractivity contribution in [2.75, 3.05) is 97.5 Å². The number of aliphatic hydroxyl groups is 1. The number of methoxy groups -OCH3 is 4. The van der Waals surface area contributed by atoms with E-state index in [-0.39, 0.29) is 103 Å². The Kier molecular flexibility index (Phi) is 41.3. The maximum absolute atomic E-state index is 14.5. The van der Waals surface area contributed by atoms with Gasteiger partial charge in [-0.2, -0.15) is 5.26 Å². The van der Waals surface area contributed by atoms with E-state index in [4.69, 9.17) is 65.1 Å². The lowest BCUT2D eigenvalue weighted by Crippen LogP contribution is -2.36. The summed E-state index contributed by atoms with van der Waals surface area (Å²) in [4.78, 5) is 85.1. The Hall–Kier alpha value is -8.21. The topological polar surface area (TPSA) is 247 Å². The standard InChI is InChI=1S/C50H60N3O8PS2.C41H43NO7S2.C9H18ClN2OP/c1-35(2)53(36(3)4)62(60-29-27-51-5)61-43-32-37(46(33-43)47(54)18-13-30-63-64-31-28-52-48(55)44-16-11-12-17-45(44)49(52)56)34-59-50(38-14-9-8-10-15-38,39-19-23-41(57-6)24-20-39)40-21-25-42(58-7)26-22-40;1-47-33-18-14-30(15-19-33)41(29-9-4-3-5-10-29,31-16-20-34(48-2)21-17-31)49-27-28-25-32(43)26-37(28)38(44)13-8-23-50-51-24-22-42-39(45)35-11-6-7-12-36(35)40(42)46;1-8(2)12(9(3)4)14(10)13-7-5-6-11/h8-12,14-17,19-26,35-37,43,46H,13,18,27-34H2,1-4,6-7H3;3-7,9-12,14-21,28,32,37,43H,8,13,22-27H2,1-2H3;8-9H,5,7H2,1-4H3/t37-,43+,46?,62?;28-,32+,37?;/m00./s1. The third-order valence-electron chi connectivity index (χ3n) is 23.1. The number of rotatable bonds is 48. The van der Waals surface area contributed by atoms with E-state index >= 15 is 0 Å². The van der Waals surface area contributed by atoms with Gasteiger partial charge in [0.05, 0.1) is 95.2 Å². The van der Waals surface area contributed by atoms with E-state index < -0.39 is 33.5 Å². The molecule has 12 rings (SSSR count). The lowest BCUT2D eigenvalue weighted by Gasteiger charge is -2.37. The molecule has 0 radical (unpaired) electrons. The van der Waals surface area contributed by atoms with Crippen molar-refractivity contribution in [3.63, 3.8) is 0 Å². The first-order valence-corrected chi connectivity index (χ1v) is 52.2. The first kappa shape index (κ1) is 103. The van der Waals surface area contributed by atoms with Gasteiger partial charge in [0.2, 0.25) is 14.2 Å². The van der Waals surface area contributed by atoms with E-state index in [1.54, 1.807) is 120 Å². The van der Waals surface area contributed by atoms with Crippen molar-refractivity contribution >= 4 is 106 Å². The molecular formula is C100H121ClN6O16P2S4. The van der Waals surface area contributed by atoms with E-state index in [1.807, 2.05) is 140 Å². The average molecular weight is 1890 g/mol. The molecule has 29 heteroatoms. The van der Waals surface area contributed by atoms with Crippen LogP contribution in [0.5, 0.6) is 23.0 Å². The van der Waals surface area contributed by atoms with E-state index in [0.29, 0.717) is 123 Å². The monoisotopic (exact) mass is 1890 g/mol. The van der Waals surface area contributed by atoms with Crippen molar-refractivity contribution in [2.45, 2.75) is 161 Å². The van der Waals surface area contributed by atoms with Crippen LogP contribution in [0.25, 0.3) is 4.85 Å². The molecule has 0 spiro atoms. The highest BCUT2D eigenvalue weighted by atomic mass is 35.7. The van der Waals surface area contributed by atoms with Gasteiger partial charge in [-0.05, 0) is 223 Å². The normalized spacial score (nSPS) is 17.7. The van der Waals surface area contributed by atoms with Crippen LogP contribution in [0.1, 0.15) is 188 Å². The second kappa shape index (κ2) is 51.7. The zero-order valence-corrected chi connectivity index (χ0v) is 81.5. The number of Topliss-reactive ketones (excluding diaryl/α,β-unsaturated/α-hetero) is 2. The van der Waals surface area contributed by atoms with Gasteiger partial charge in [0.1, 0.15) is 52.4 Å². The first-order valence-electron chi connectivity index (χ1n) is 43.9. The number of hydrogen-bond donors (Lipinski definition) is 1. The van der Waals surface area contributed by atoms with Gasteiger partial charge in [0.15, 0.2) is 0 Å². The Balaban J connectivity index is 0.000000237. The number of benzene rings is 8. The molecule has 0 bridgehead atoms. The molecular weight excluding hydrogens is 1770 g/mol. The number of carbonyl (C=O) groups excluding carboxylic acids is 6. The SMILES string of the molecule is CC(C)N(C(C)C)P(Cl)OCCC#N.COc1ccc(C(OC[C@@H]2C[C@@H](O)CC2C(=O)CCCSSCCN2C(=O)c3ccccc3C2=O)(c2ccccc2)c2ccc(OC)cc2)cc1.[C-]#[N+]CCOP(O[C@H]1CC(C(=O)CCCSSCCN2C(=O)c3ccccc3C2=O)[C@H](COC(c2ccccc2)(c2ccc(OC)cc2)c2ccc(OC)cc2)C1)N(C(C)C)C(C)C. The largest absolute Gasteiger partial charge is 0.497 e. The molecule has 2 aliphatic carbocycles. The summed E-state index contributed by atoms with van der Waals surface area (Å²) in [7, 11) is 10.5. The molecule has 2 fully saturated rings. The Bertz CT molecular complexity index is 4800. The Morgan fingerprint density at radius 3 is 1.17 bits per heavy atom. The van der Waals surface area contributed by atoms with Gasteiger partial charge < -0.3 is 51.9 Å². The van der Waals surface area contributed by atoms with Gasteiger partial charge in [-0.15, -0.1) is 0 Å². The summed E-state index contributed by atoms with van der Waals surface area (Å²) in [5.41, 5.74) is 5.35. The van der Waals surface area contributed by atoms with Gasteiger partial charge in [0.25, 0.3) is 32.2 Å². The molecule has 129 heavy (non-hydrogen) atoms. The molecule has 1 N–H and O–H groups in total. The summed E-state index contributed by atoms with van der Waals surface area (Å²) < 4.78 is 59.5. The molecule has 8 aromatic rings. The smallest absolute Gasteiger partial charge is 0.261 e. The maximum Gasteiger partial charge on any atom is 0.261 e. The molecule has 8 atom stereocenters. The number of carbonyl (C=O) groups is 6. The van der Waals surface area contributed by atoms with Crippen LogP contribution in [-0.2, 0) is 43.8 Å². The minimum Gasteiger partial charge on any atom is -0.497 e. The second-order valence-electron chi connectivity index (χ2n) is 32.8. The molecule has 4 unspecified atom stereocenters. The molecule has 688 valence electrons. The quantitative estimate of drug-likeness (QED) is 0.00929. The molecule has 4 aliphatic rings. The fourth-order valence-electron chi connectivity index (χ4n) is 17.0. The number of hydrogen-bond acceptors (Lipinski definition) is 23. The van der Waals surface area contributed by atoms with Gasteiger partial charge in [-0.25, -0.2) is 15.9 Å². The van der Waals surface area contributed by atoms with Crippen molar-refractivity contribution in [1.82, 2.24) is 19.1 Å². The Morgan fingerprint density at radius 2 is 0.822 bits per heavy atom. The molecule has 0 saturated heterocycles. The summed E-state index contributed by atoms with van der Waals surface area (Å²) in [5.74, 6) is 4.10. The summed E-state index contributed by atoms with van der Waals surface area (Å²) >= 11 is 6.13. The number of ether oxygens (including phenoxy) is 6. The number of amides is 4. The molecule has 2 saturated carbocycles. The number of halogens is 1. The van der Waals surface area contributed by atoms with Crippen LogP contribution in [0.4, 0.5) is 0 Å². The van der Waals surface area contributed by atoms with Crippen molar-refractivity contribution in [3.8, 4) is 29.1 Å². The third kappa shape index (κ3) is 27.1. The van der Waals surface area contributed by atoms with Crippen molar-refractivity contribution in [2.24, 2.45) is 23.7 Å². The van der Waals surface area contributed by atoms with E-state index in [9.17, 15) is 33.9 Å². The van der Waals surface area contributed by atoms with Gasteiger partial charge in [-0.3, -0.25) is 38.6 Å². The zero-order valence-electron chi connectivity index (χ0n) is 75.7. The van der Waals surface area contributed by atoms with Crippen LogP contribution in [0.15, 0.2) is 206 Å². The van der Waals surface area contributed by atoms with Gasteiger partial charge in [-0.1, -0.05) is 177 Å². The molecule has 2 heterocycles. The van der Waals surface area contributed by atoms with Crippen LogP contribution in [-0.4, -0.2) is 193 Å². The highest BCUT2D eigenvalue weighted by Crippen LogP contribution is 2.53. The number of ketones is 2. The summed E-state index contributed by atoms with van der Waals surface area (Å²) in [6, 6.07) is 68.8. The van der Waals surface area contributed by atoms with Crippen molar-refractivity contribution in [3.05, 3.63) is 273 Å². The summed E-state index contributed by atoms with van der Waals surface area (Å²) in [6.45, 7) is 26.4. The van der Waals surface area contributed by atoms with Crippen molar-refractivity contribution in [1.29, 1.82) is 5.26 Å². The van der Waals surface area contributed by atoms with E-state index in [1.165, 1.54) is 9.80 Å². The zero-order chi connectivity index (χ0) is 92.6. The number of aliphatic hydroxyl groups excluding tert-OH is 1. The van der Waals surface area contributed by atoms with Crippen LogP contribution >= 0.6 is 70.6 Å². The highest BCUT2D eigenvalue weighted by molar-refractivity contribution is 8.77. The van der Waals surface area contributed by atoms with Gasteiger partial charge >= 0.3 is 0 Å². The second-order valence-corrected chi connectivity index (χ2v) is 41.6. The van der Waals surface area contributed by atoms with Crippen molar-refractivity contribution < 1.29 is 75.9 Å². The van der Waals surface area contributed by atoms with Gasteiger partial charge in [0, 0.05) is 84.9 Å². The molecule has 2 aliphatic heterocycles. The lowest BCUT2D eigenvalue weighted by atomic mass is 9.79. The number of nitriles is 1. The minimum absolute atomic E-state index is 0.139. The van der Waals surface area contributed by atoms with Crippen LogP contribution in [0.2, 0.25) is 0 Å². The Morgan fingerprint density at radius 1 is 0.481 bits per heavy atom.